The predicted octanol–water partition coefficient (Wildman–Crippen LogP) is 1.37. The minimum atomic E-state index is -1.02. The van der Waals surface area contributed by atoms with Gasteiger partial charge in [0.05, 0.1) is 6.33 Å². The first kappa shape index (κ1) is 13.2. The number of carbonyl (C=O) groups excluding carboxylic acids is 1. The highest BCUT2D eigenvalue weighted by molar-refractivity contribution is 6.02. The second kappa shape index (κ2) is 5.57. The molecule has 0 aliphatic rings. The van der Waals surface area contributed by atoms with Crippen molar-refractivity contribution in [3.05, 3.63) is 48.1 Å². The van der Waals surface area contributed by atoms with Crippen molar-refractivity contribution in [2.75, 3.05) is 11.9 Å². The van der Waals surface area contributed by atoms with E-state index in [1.165, 1.54) is 18.6 Å². The lowest BCUT2D eigenvalue weighted by molar-refractivity contribution is 0.102. The van der Waals surface area contributed by atoms with Gasteiger partial charge in [0.2, 0.25) is 0 Å². The molecule has 0 saturated heterocycles. The van der Waals surface area contributed by atoms with Crippen LogP contribution in [0.15, 0.2) is 30.7 Å². The van der Waals surface area contributed by atoms with E-state index < -0.39 is 17.5 Å². The number of hydrogen-bond donors (Lipinski definition) is 2. The van der Waals surface area contributed by atoms with Crippen molar-refractivity contribution in [3.8, 4) is 0 Å². The van der Waals surface area contributed by atoms with E-state index >= 15 is 0 Å². The van der Waals surface area contributed by atoms with Crippen molar-refractivity contribution < 1.29 is 13.6 Å². The first-order chi connectivity index (χ1) is 9.10. The summed E-state index contributed by atoms with van der Waals surface area (Å²) in [6.45, 7) is 0.978. The number of amides is 1. The van der Waals surface area contributed by atoms with Crippen LogP contribution in [0.1, 0.15) is 10.5 Å². The molecular weight excluding hydrogens is 254 g/mol. The van der Waals surface area contributed by atoms with Gasteiger partial charge < -0.3 is 15.6 Å². The molecule has 0 atom stereocenters. The fourth-order valence-electron chi connectivity index (χ4n) is 1.52. The lowest BCUT2D eigenvalue weighted by Gasteiger charge is -2.03. The van der Waals surface area contributed by atoms with E-state index in [1.807, 2.05) is 0 Å². The molecule has 1 aromatic carbocycles. The van der Waals surface area contributed by atoms with Crippen molar-refractivity contribution in [2.24, 2.45) is 5.73 Å². The molecule has 0 fully saturated rings. The fourth-order valence-corrected chi connectivity index (χ4v) is 1.52. The maximum absolute atomic E-state index is 13.0. The number of nitrogens with one attached hydrogen (secondary N) is 1. The second-order valence-electron chi connectivity index (χ2n) is 3.87. The number of rotatable bonds is 4. The maximum Gasteiger partial charge on any atom is 0.275 e. The van der Waals surface area contributed by atoms with Crippen LogP contribution < -0.4 is 11.1 Å². The van der Waals surface area contributed by atoms with Gasteiger partial charge in [-0.3, -0.25) is 4.79 Å². The van der Waals surface area contributed by atoms with Crippen LogP contribution in [0.4, 0.5) is 14.5 Å². The first-order valence-corrected chi connectivity index (χ1v) is 5.58. The molecule has 2 rings (SSSR count). The van der Waals surface area contributed by atoms with E-state index in [2.05, 4.69) is 10.3 Å². The van der Waals surface area contributed by atoms with Gasteiger partial charge in [0.1, 0.15) is 5.69 Å². The standard InChI is InChI=1S/C12H12F2N4O/c13-9-2-1-8(5-10(9)14)17-12(19)11-6-18(4-3-15)7-16-11/h1-2,5-7H,3-4,15H2,(H,17,19). The monoisotopic (exact) mass is 266 g/mol. The smallest absolute Gasteiger partial charge is 0.275 e. The molecule has 19 heavy (non-hydrogen) atoms. The molecule has 2 aromatic rings. The summed E-state index contributed by atoms with van der Waals surface area (Å²) in [4.78, 5) is 15.7. The normalized spacial score (nSPS) is 10.5. The van der Waals surface area contributed by atoms with Crippen LogP contribution in [0.5, 0.6) is 0 Å². The van der Waals surface area contributed by atoms with Gasteiger partial charge in [-0.05, 0) is 12.1 Å². The van der Waals surface area contributed by atoms with Gasteiger partial charge >= 0.3 is 0 Å². The summed E-state index contributed by atoms with van der Waals surface area (Å²) < 4.78 is 27.4. The lowest BCUT2D eigenvalue weighted by atomic mass is 10.3. The van der Waals surface area contributed by atoms with E-state index in [4.69, 9.17) is 5.73 Å². The van der Waals surface area contributed by atoms with Crippen LogP contribution in [0.25, 0.3) is 0 Å². The molecule has 0 aliphatic carbocycles. The van der Waals surface area contributed by atoms with Gasteiger partial charge in [-0.1, -0.05) is 0 Å². The number of nitrogens with two attached hydrogens (primary N) is 1. The highest BCUT2D eigenvalue weighted by Gasteiger charge is 2.11. The van der Waals surface area contributed by atoms with Crippen LogP contribution in [0, 0.1) is 11.6 Å². The third kappa shape index (κ3) is 3.14. The van der Waals surface area contributed by atoms with E-state index in [1.54, 1.807) is 4.57 Å². The lowest BCUT2D eigenvalue weighted by Crippen LogP contribution is -2.13. The Hall–Kier alpha value is -2.28. The number of aromatic nitrogens is 2. The Labute approximate surface area is 108 Å². The van der Waals surface area contributed by atoms with Crippen molar-refractivity contribution in [2.45, 2.75) is 6.54 Å². The zero-order chi connectivity index (χ0) is 13.8. The summed E-state index contributed by atoms with van der Waals surface area (Å²) in [7, 11) is 0. The Bertz CT molecular complexity index is 597. The molecule has 0 spiro atoms. The van der Waals surface area contributed by atoms with E-state index in [0.29, 0.717) is 13.1 Å². The van der Waals surface area contributed by atoms with Crippen molar-refractivity contribution >= 4 is 11.6 Å². The third-order valence-corrected chi connectivity index (χ3v) is 2.43. The van der Waals surface area contributed by atoms with Gasteiger partial charge in [0.25, 0.3) is 5.91 Å². The Morgan fingerprint density at radius 2 is 2.16 bits per heavy atom. The zero-order valence-corrected chi connectivity index (χ0v) is 9.94. The van der Waals surface area contributed by atoms with Crippen LogP contribution in [0.2, 0.25) is 0 Å². The Balaban J connectivity index is 2.09. The number of benzene rings is 1. The van der Waals surface area contributed by atoms with E-state index in [0.717, 1.165) is 12.1 Å². The quantitative estimate of drug-likeness (QED) is 0.877. The number of nitrogens with zero attached hydrogens (tertiary/aromatic N) is 2. The van der Waals surface area contributed by atoms with Gasteiger partial charge in [-0.15, -0.1) is 0 Å². The molecule has 0 bridgehead atoms. The molecule has 5 nitrogen and oxygen atoms in total. The Morgan fingerprint density at radius 1 is 1.37 bits per heavy atom. The summed E-state index contributed by atoms with van der Waals surface area (Å²) in [5.41, 5.74) is 5.72. The molecule has 1 heterocycles. The summed E-state index contributed by atoms with van der Waals surface area (Å²) >= 11 is 0. The zero-order valence-electron chi connectivity index (χ0n) is 9.94. The molecule has 0 aliphatic heterocycles. The van der Waals surface area contributed by atoms with Gasteiger partial charge in [0, 0.05) is 31.0 Å². The van der Waals surface area contributed by atoms with E-state index in [-0.39, 0.29) is 11.4 Å². The molecular formula is C12H12F2N4O. The Kier molecular flexibility index (Phi) is 3.86. The predicted molar refractivity (Wildman–Crippen MR) is 65.6 cm³/mol. The highest BCUT2D eigenvalue weighted by atomic mass is 19.2. The summed E-state index contributed by atoms with van der Waals surface area (Å²) in [6.07, 6.45) is 3.01. The molecule has 0 saturated carbocycles. The van der Waals surface area contributed by atoms with Crippen molar-refractivity contribution in [1.29, 1.82) is 0 Å². The van der Waals surface area contributed by atoms with E-state index in [9.17, 15) is 13.6 Å². The number of carbonyl (C=O) groups is 1. The highest BCUT2D eigenvalue weighted by Crippen LogP contribution is 2.13. The largest absolute Gasteiger partial charge is 0.335 e. The molecule has 7 heteroatoms. The molecule has 0 radical (unpaired) electrons. The number of imidazole rings is 1. The van der Waals surface area contributed by atoms with Crippen LogP contribution >= 0.6 is 0 Å². The van der Waals surface area contributed by atoms with Gasteiger partial charge in [-0.2, -0.15) is 0 Å². The Morgan fingerprint density at radius 3 is 2.84 bits per heavy atom. The minimum absolute atomic E-state index is 0.164. The average molecular weight is 266 g/mol. The molecule has 0 unspecified atom stereocenters. The maximum atomic E-state index is 13.0. The molecule has 1 aromatic heterocycles. The summed E-state index contributed by atoms with van der Waals surface area (Å²) in [5, 5.41) is 2.43. The number of halogens is 2. The van der Waals surface area contributed by atoms with Gasteiger partial charge in [0.15, 0.2) is 11.6 Å². The summed E-state index contributed by atoms with van der Waals surface area (Å²) in [5.74, 6) is -2.49. The number of anilines is 1. The third-order valence-electron chi connectivity index (χ3n) is 2.43. The van der Waals surface area contributed by atoms with Crippen LogP contribution in [0.3, 0.4) is 0 Å². The first-order valence-electron chi connectivity index (χ1n) is 5.58. The number of hydrogen-bond acceptors (Lipinski definition) is 3. The van der Waals surface area contributed by atoms with Crippen molar-refractivity contribution in [1.82, 2.24) is 9.55 Å². The fraction of sp³-hybridized carbons (Fsp3) is 0.167. The second-order valence-corrected chi connectivity index (χ2v) is 3.87. The topological polar surface area (TPSA) is 72.9 Å². The molecule has 3 N–H and O–H groups in total. The minimum Gasteiger partial charge on any atom is -0.335 e. The van der Waals surface area contributed by atoms with Gasteiger partial charge in [-0.25, -0.2) is 13.8 Å². The van der Waals surface area contributed by atoms with Crippen molar-refractivity contribution in [3.63, 3.8) is 0 Å². The summed E-state index contributed by atoms with van der Waals surface area (Å²) in [6, 6.07) is 3.12. The van der Waals surface area contributed by atoms with Crippen LogP contribution in [-0.4, -0.2) is 22.0 Å². The SMILES string of the molecule is NCCn1cnc(C(=O)Nc2ccc(F)c(F)c2)c1. The molecule has 1 amide bonds. The van der Waals surface area contributed by atoms with Crippen LogP contribution in [-0.2, 0) is 6.54 Å². The molecule has 100 valence electrons. The average Bonchev–Trinajstić information content (AvgIpc) is 2.83.